The van der Waals surface area contributed by atoms with E-state index < -0.39 is 11.6 Å². The van der Waals surface area contributed by atoms with Gasteiger partial charge in [0.05, 0.1) is 0 Å². The lowest BCUT2D eigenvalue weighted by molar-refractivity contribution is -0.162. The summed E-state index contributed by atoms with van der Waals surface area (Å²) in [7, 11) is 0. The Kier molecular flexibility index (Phi) is 7.76. The molecule has 1 aromatic carbocycles. The van der Waals surface area contributed by atoms with Gasteiger partial charge in [0.25, 0.3) is 5.91 Å². The molecule has 6 heteroatoms. The molecule has 1 amide bonds. The first kappa shape index (κ1) is 20.6. The summed E-state index contributed by atoms with van der Waals surface area (Å²) in [6, 6.07) is 6.90. The summed E-state index contributed by atoms with van der Waals surface area (Å²) in [6.07, 6.45) is 7.96. The summed E-state index contributed by atoms with van der Waals surface area (Å²) in [4.78, 5) is 24.4. The molecule has 1 N–H and O–H groups in total. The number of esters is 1. The van der Waals surface area contributed by atoms with Gasteiger partial charge in [-0.1, -0.05) is 43.7 Å². The summed E-state index contributed by atoms with van der Waals surface area (Å²) in [5.74, 6) is -0.332. The highest BCUT2D eigenvalue weighted by Gasteiger charge is 2.32. The van der Waals surface area contributed by atoms with Gasteiger partial charge in [-0.05, 0) is 51.0 Å². The zero-order valence-electron chi connectivity index (χ0n) is 15.6. The lowest BCUT2D eigenvalue weighted by atomic mass is 9.97. The summed E-state index contributed by atoms with van der Waals surface area (Å²) >= 11 is 5.84. The third kappa shape index (κ3) is 6.87. The minimum atomic E-state index is -1.20. The monoisotopic (exact) mass is 381 g/mol. The van der Waals surface area contributed by atoms with Gasteiger partial charge < -0.3 is 14.8 Å². The Morgan fingerprint density at radius 3 is 2.27 bits per heavy atom. The third-order valence-corrected chi connectivity index (χ3v) is 4.73. The minimum Gasteiger partial charge on any atom is -0.476 e. The molecule has 5 nitrogen and oxygen atoms in total. The van der Waals surface area contributed by atoms with Crippen LogP contribution in [0.1, 0.15) is 58.8 Å². The van der Waals surface area contributed by atoms with E-state index in [1.807, 2.05) is 0 Å². The summed E-state index contributed by atoms with van der Waals surface area (Å²) in [5, 5.41) is 3.56. The molecule has 1 fully saturated rings. The SMILES string of the molecule is CC(C)(Oc1ccc(Cl)cc1)C(=O)OCC(=O)NC1CCCCCCC1. The van der Waals surface area contributed by atoms with E-state index in [0.29, 0.717) is 10.8 Å². The van der Waals surface area contributed by atoms with Gasteiger partial charge in [-0.25, -0.2) is 4.79 Å². The highest BCUT2D eigenvalue weighted by Crippen LogP contribution is 2.22. The van der Waals surface area contributed by atoms with Crippen molar-refractivity contribution in [1.82, 2.24) is 5.32 Å². The van der Waals surface area contributed by atoms with E-state index >= 15 is 0 Å². The van der Waals surface area contributed by atoms with Crippen molar-refractivity contribution in [3.8, 4) is 5.75 Å². The van der Waals surface area contributed by atoms with E-state index in [0.717, 1.165) is 25.7 Å². The van der Waals surface area contributed by atoms with Gasteiger partial charge in [0, 0.05) is 11.1 Å². The van der Waals surface area contributed by atoms with E-state index in [-0.39, 0.29) is 18.6 Å². The van der Waals surface area contributed by atoms with Crippen molar-refractivity contribution in [3.63, 3.8) is 0 Å². The Hall–Kier alpha value is -1.75. The molecule has 1 saturated carbocycles. The van der Waals surface area contributed by atoms with Crippen molar-refractivity contribution in [2.45, 2.75) is 70.4 Å². The Labute approximate surface area is 160 Å². The molecule has 0 heterocycles. The number of amides is 1. The van der Waals surface area contributed by atoms with Gasteiger partial charge in [0.15, 0.2) is 12.2 Å². The van der Waals surface area contributed by atoms with Crippen LogP contribution in [0.4, 0.5) is 0 Å². The van der Waals surface area contributed by atoms with Crippen molar-refractivity contribution in [1.29, 1.82) is 0 Å². The van der Waals surface area contributed by atoms with Crippen LogP contribution < -0.4 is 10.1 Å². The molecular formula is C20H28ClNO4. The number of rotatable bonds is 6. The molecular weight excluding hydrogens is 354 g/mol. The molecule has 0 radical (unpaired) electrons. The van der Waals surface area contributed by atoms with E-state index in [1.165, 1.54) is 19.3 Å². The lowest BCUT2D eigenvalue weighted by Crippen LogP contribution is -2.43. The number of carbonyl (C=O) groups excluding carboxylic acids is 2. The largest absolute Gasteiger partial charge is 0.476 e. The number of hydrogen-bond donors (Lipinski definition) is 1. The zero-order valence-corrected chi connectivity index (χ0v) is 16.3. The van der Waals surface area contributed by atoms with Gasteiger partial charge in [-0.2, -0.15) is 0 Å². The van der Waals surface area contributed by atoms with Crippen LogP contribution >= 0.6 is 11.6 Å². The second-order valence-corrected chi connectivity index (χ2v) is 7.69. The van der Waals surface area contributed by atoms with E-state index in [2.05, 4.69) is 5.32 Å². The smallest absolute Gasteiger partial charge is 0.350 e. The average Bonchev–Trinajstić information content (AvgIpc) is 2.57. The molecule has 0 spiro atoms. The maximum atomic E-state index is 12.3. The van der Waals surface area contributed by atoms with Gasteiger partial charge in [-0.15, -0.1) is 0 Å². The summed E-state index contributed by atoms with van der Waals surface area (Å²) in [6.45, 7) is 2.93. The Morgan fingerprint density at radius 2 is 1.65 bits per heavy atom. The predicted octanol–water partition coefficient (Wildman–Crippen LogP) is 4.27. The second kappa shape index (κ2) is 9.81. The van der Waals surface area contributed by atoms with E-state index in [9.17, 15) is 9.59 Å². The van der Waals surface area contributed by atoms with Gasteiger partial charge in [0.2, 0.25) is 0 Å². The minimum absolute atomic E-state index is 0.180. The van der Waals surface area contributed by atoms with Crippen molar-refractivity contribution in [2.24, 2.45) is 0 Å². The molecule has 0 aromatic heterocycles. The Morgan fingerprint density at radius 1 is 1.08 bits per heavy atom. The molecule has 0 unspecified atom stereocenters. The van der Waals surface area contributed by atoms with Crippen LogP contribution in [0.2, 0.25) is 5.02 Å². The second-order valence-electron chi connectivity index (χ2n) is 7.25. The fraction of sp³-hybridized carbons (Fsp3) is 0.600. The Bertz CT molecular complexity index is 592. The predicted molar refractivity (Wildman–Crippen MR) is 101 cm³/mol. The van der Waals surface area contributed by atoms with Crippen molar-refractivity contribution in [2.75, 3.05) is 6.61 Å². The molecule has 0 atom stereocenters. The lowest BCUT2D eigenvalue weighted by Gasteiger charge is -2.25. The molecule has 0 saturated heterocycles. The fourth-order valence-electron chi connectivity index (χ4n) is 3.01. The van der Waals surface area contributed by atoms with Crippen LogP contribution in [0.25, 0.3) is 0 Å². The highest BCUT2D eigenvalue weighted by atomic mass is 35.5. The normalized spacial score (nSPS) is 16.3. The first-order chi connectivity index (χ1) is 12.4. The van der Waals surface area contributed by atoms with Crippen molar-refractivity contribution in [3.05, 3.63) is 29.3 Å². The van der Waals surface area contributed by atoms with Crippen molar-refractivity contribution >= 4 is 23.5 Å². The number of hydrogen-bond acceptors (Lipinski definition) is 4. The average molecular weight is 382 g/mol. The molecule has 1 aliphatic carbocycles. The molecule has 1 aromatic rings. The number of carbonyl (C=O) groups is 2. The van der Waals surface area contributed by atoms with E-state index in [4.69, 9.17) is 21.1 Å². The van der Waals surface area contributed by atoms with Crippen LogP contribution in [-0.4, -0.2) is 30.1 Å². The molecule has 26 heavy (non-hydrogen) atoms. The molecule has 0 aliphatic heterocycles. The van der Waals surface area contributed by atoms with Crippen LogP contribution in [0.3, 0.4) is 0 Å². The molecule has 2 rings (SSSR count). The number of ether oxygens (including phenoxy) is 2. The number of benzene rings is 1. The summed E-state index contributed by atoms with van der Waals surface area (Å²) in [5.41, 5.74) is -1.20. The molecule has 0 bridgehead atoms. The molecule has 144 valence electrons. The van der Waals surface area contributed by atoms with Crippen LogP contribution in [0.15, 0.2) is 24.3 Å². The zero-order chi connectivity index (χ0) is 19.0. The van der Waals surface area contributed by atoms with Crippen molar-refractivity contribution < 1.29 is 19.1 Å². The highest BCUT2D eigenvalue weighted by molar-refractivity contribution is 6.30. The van der Waals surface area contributed by atoms with Gasteiger partial charge in [-0.3, -0.25) is 4.79 Å². The van der Waals surface area contributed by atoms with Gasteiger partial charge in [0.1, 0.15) is 5.75 Å². The van der Waals surface area contributed by atoms with Crippen LogP contribution in [0.5, 0.6) is 5.75 Å². The Balaban J connectivity index is 1.78. The molecule has 1 aliphatic rings. The van der Waals surface area contributed by atoms with Crippen LogP contribution in [0, 0.1) is 0 Å². The quantitative estimate of drug-likeness (QED) is 0.747. The topological polar surface area (TPSA) is 64.6 Å². The maximum Gasteiger partial charge on any atom is 0.350 e. The maximum absolute atomic E-state index is 12.3. The van der Waals surface area contributed by atoms with E-state index in [1.54, 1.807) is 38.1 Å². The first-order valence-corrected chi connectivity index (χ1v) is 9.66. The number of halogens is 1. The first-order valence-electron chi connectivity index (χ1n) is 9.28. The number of nitrogens with one attached hydrogen (secondary N) is 1. The standard InChI is InChI=1S/C20H28ClNO4/c1-20(2,26-17-12-10-15(21)11-13-17)19(24)25-14-18(23)22-16-8-6-4-3-5-7-9-16/h10-13,16H,3-9,14H2,1-2H3,(H,22,23). The summed E-state index contributed by atoms with van der Waals surface area (Å²) < 4.78 is 10.8. The fourth-order valence-corrected chi connectivity index (χ4v) is 3.14. The van der Waals surface area contributed by atoms with Gasteiger partial charge >= 0.3 is 5.97 Å². The van der Waals surface area contributed by atoms with Crippen LogP contribution in [-0.2, 0) is 14.3 Å². The third-order valence-electron chi connectivity index (χ3n) is 4.48.